The number of nitrogens with one attached hydrogen (secondary N) is 1. The number of rotatable bonds is 5. The Labute approximate surface area is 112 Å². The molecule has 3 heterocycles. The molecule has 2 aromatic heterocycles. The van der Waals surface area contributed by atoms with Crippen molar-refractivity contribution in [3.8, 4) is 0 Å². The first-order valence-corrected chi connectivity index (χ1v) is 6.79. The van der Waals surface area contributed by atoms with Crippen LogP contribution in [0.25, 0.3) is 0 Å². The van der Waals surface area contributed by atoms with Gasteiger partial charge in [0.25, 0.3) is 0 Å². The molecule has 2 aromatic rings. The van der Waals surface area contributed by atoms with Crippen LogP contribution in [0.15, 0.2) is 6.33 Å². The average Bonchev–Trinajstić information content (AvgIpc) is 3.02. The molecule has 19 heavy (non-hydrogen) atoms. The summed E-state index contributed by atoms with van der Waals surface area (Å²) in [5, 5.41) is 16.1. The molecule has 1 aliphatic rings. The Morgan fingerprint density at radius 1 is 1.32 bits per heavy atom. The highest BCUT2D eigenvalue weighted by molar-refractivity contribution is 4.98. The first-order chi connectivity index (χ1) is 9.33. The summed E-state index contributed by atoms with van der Waals surface area (Å²) in [5.41, 5.74) is 0. The maximum absolute atomic E-state index is 4.26. The Morgan fingerprint density at radius 3 is 3.11 bits per heavy atom. The Hall–Kier alpha value is -1.76. The lowest BCUT2D eigenvalue weighted by Crippen LogP contribution is -2.21. The van der Waals surface area contributed by atoms with Crippen molar-refractivity contribution in [1.82, 2.24) is 34.8 Å². The number of fused-ring (bicyclic) bond motifs is 1. The highest BCUT2D eigenvalue weighted by atomic mass is 15.3. The fourth-order valence-corrected chi connectivity index (χ4v) is 2.40. The van der Waals surface area contributed by atoms with Gasteiger partial charge in [0.1, 0.15) is 18.0 Å². The quantitative estimate of drug-likeness (QED) is 0.771. The second kappa shape index (κ2) is 5.48. The Morgan fingerprint density at radius 2 is 2.26 bits per heavy atom. The first kappa shape index (κ1) is 12.3. The fraction of sp³-hybridized carbons (Fsp3) is 0.667. The van der Waals surface area contributed by atoms with Gasteiger partial charge in [0, 0.05) is 33.0 Å². The molecule has 1 aliphatic heterocycles. The molecule has 0 fully saturated rings. The lowest BCUT2D eigenvalue weighted by Gasteiger charge is -2.14. The van der Waals surface area contributed by atoms with E-state index in [9.17, 15) is 0 Å². The normalized spacial score (nSPS) is 14.6. The van der Waals surface area contributed by atoms with Crippen molar-refractivity contribution in [3.63, 3.8) is 0 Å². The maximum Gasteiger partial charge on any atom is 0.151 e. The van der Waals surface area contributed by atoms with Crippen molar-refractivity contribution in [3.05, 3.63) is 23.8 Å². The Balaban J connectivity index is 1.48. The maximum atomic E-state index is 4.26. The third kappa shape index (κ3) is 2.81. The molecule has 0 amide bonds. The van der Waals surface area contributed by atoms with Gasteiger partial charge in [-0.15, -0.1) is 10.2 Å². The van der Waals surface area contributed by atoms with E-state index in [2.05, 4.69) is 30.2 Å². The molecule has 102 valence electrons. The van der Waals surface area contributed by atoms with Crippen LogP contribution >= 0.6 is 0 Å². The zero-order valence-electron chi connectivity index (χ0n) is 11.2. The summed E-state index contributed by atoms with van der Waals surface area (Å²) in [6, 6.07) is 0. The SMILES string of the molecule is Cn1cnc(CCNCc2nnc3n2CCCC3)n1. The number of aromatic nitrogens is 6. The monoisotopic (exact) mass is 261 g/mol. The van der Waals surface area contributed by atoms with Crippen LogP contribution in [0.2, 0.25) is 0 Å². The van der Waals surface area contributed by atoms with Gasteiger partial charge in [0.15, 0.2) is 5.82 Å². The summed E-state index contributed by atoms with van der Waals surface area (Å²) >= 11 is 0. The van der Waals surface area contributed by atoms with Crippen LogP contribution in [-0.2, 0) is 33.0 Å². The highest BCUT2D eigenvalue weighted by Crippen LogP contribution is 2.13. The van der Waals surface area contributed by atoms with Crippen LogP contribution in [0.5, 0.6) is 0 Å². The average molecular weight is 261 g/mol. The largest absolute Gasteiger partial charge is 0.314 e. The third-order valence-electron chi connectivity index (χ3n) is 3.39. The predicted octanol–water partition coefficient (Wildman–Crippen LogP) is 0.0752. The first-order valence-electron chi connectivity index (χ1n) is 6.79. The van der Waals surface area contributed by atoms with Crippen molar-refractivity contribution in [2.75, 3.05) is 6.54 Å². The van der Waals surface area contributed by atoms with Gasteiger partial charge >= 0.3 is 0 Å². The molecule has 1 N–H and O–H groups in total. The minimum Gasteiger partial charge on any atom is -0.314 e. The molecule has 0 atom stereocenters. The van der Waals surface area contributed by atoms with Crippen molar-refractivity contribution in [1.29, 1.82) is 0 Å². The third-order valence-corrected chi connectivity index (χ3v) is 3.39. The van der Waals surface area contributed by atoms with Gasteiger partial charge in [-0.05, 0) is 12.8 Å². The molecule has 7 heteroatoms. The van der Waals surface area contributed by atoms with Crippen LogP contribution in [0.3, 0.4) is 0 Å². The lowest BCUT2D eigenvalue weighted by atomic mass is 10.2. The molecule has 0 saturated carbocycles. The van der Waals surface area contributed by atoms with Crippen molar-refractivity contribution in [2.45, 2.75) is 38.8 Å². The van der Waals surface area contributed by atoms with Crippen LogP contribution in [0.1, 0.15) is 30.3 Å². The van der Waals surface area contributed by atoms with E-state index in [1.54, 1.807) is 11.0 Å². The van der Waals surface area contributed by atoms with E-state index in [1.807, 2.05) is 7.05 Å². The molecular weight excluding hydrogens is 242 g/mol. The van der Waals surface area contributed by atoms with Crippen molar-refractivity contribution >= 4 is 0 Å². The molecule has 0 unspecified atom stereocenters. The van der Waals surface area contributed by atoms with Crippen molar-refractivity contribution < 1.29 is 0 Å². The summed E-state index contributed by atoms with van der Waals surface area (Å²) in [6.45, 7) is 2.67. The second-order valence-corrected chi connectivity index (χ2v) is 4.90. The highest BCUT2D eigenvalue weighted by Gasteiger charge is 2.14. The van der Waals surface area contributed by atoms with Crippen LogP contribution in [-0.4, -0.2) is 36.1 Å². The van der Waals surface area contributed by atoms with Crippen LogP contribution in [0.4, 0.5) is 0 Å². The molecule has 3 rings (SSSR count). The summed E-state index contributed by atoms with van der Waals surface area (Å²) in [6.07, 6.45) is 6.09. The summed E-state index contributed by atoms with van der Waals surface area (Å²) < 4.78 is 3.97. The molecule has 0 aromatic carbocycles. The van der Waals surface area contributed by atoms with Gasteiger partial charge in [0.2, 0.25) is 0 Å². The minimum atomic E-state index is 0.764. The lowest BCUT2D eigenvalue weighted by molar-refractivity contribution is 0.497. The van der Waals surface area contributed by atoms with Gasteiger partial charge in [-0.3, -0.25) is 4.68 Å². The van der Waals surface area contributed by atoms with E-state index in [-0.39, 0.29) is 0 Å². The van der Waals surface area contributed by atoms with Crippen molar-refractivity contribution in [2.24, 2.45) is 7.05 Å². The fourth-order valence-electron chi connectivity index (χ4n) is 2.40. The van der Waals surface area contributed by atoms with E-state index >= 15 is 0 Å². The number of hydrogen-bond donors (Lipinski definition) is 1. The Bertz CT molecular complexity index is 542. The molecule has 0 bridgehead atoms. The van der Waals surface area contributed by atoms with E-state index in [1.165, 1.54) is 12.8 Å². The van der Waals surface area contributed by atoms with Gasteiger partial charge < -0.3 is 9.88 Å². The number of hydrogen-bond acceptors (Lipinski definition) is 5. The molecule has 0 saturated heterocycles. The van der Waals surface area contributed by atoms with Crippen LogP contribution in [0, 0.1) is 0 Å². The smallest absolute Gasteiger partial charge is 0.151 e. The second-order valence-electron chi connectivity index (χ2n) is 4.90. The van der Waals surface area contributed by atoms with Gasteiger partial charge in [0.05, 0.1) is 6.54 Å². The van der Waals surface area contributed by atoms with E-state index in [0.717, 1.165) is 49.9 Å². The zero-order chi connectivity index (χ0) is 13.1. The van der Waals surface area contributed by atoms with Gasteiger partial charge in [-0.1, -0.05) is 0 Å². The molecular formula is C12H19N7. The molecule has 0 spiro atoms. The van der Waals surface area contributed by atoms with Gasteiger partial charge in [-0.2, -0.15) is 5.10 Å². The summed E-state index contributed by atoms with van der Waals surface area (Å²) in [4.78, 5) is 4.20. The topological polar surface area (TPSA) is 73.5 Å². The standard InChI is InChI=1S/C12H19N7/c1-18-9-14-10(17-18)5-6-13-8-12-16-15-11-4-2-3-7-19(11)12/h9,13H,2-8H2,1H3. The predicted molar refractivity (Wildman–Crippen MR) is 69.4 cm³/mol. The minimum absolute atomic E-state index is 0.764. The number of aryl methyl sites for hydroxylation is 2. The molecule has 0 radical (unpaired) electrons. The molecule has 7 nitrogen and oxygen atoms in total. The van der Waals surface area contributed by atoms with Gasteiger partial charge in [-0.25, -0.2) is 4.98 Å². The van der Waals surface area contributed by atoms with Crippen LogP contribution < -0.4 is 5.32 Å². The molecule has 0 aliphatic carbocycles. The zero-order valence-corrected chi connectivity index (χ0v) is 11.2. The number of nitrogens with zero attached hydrogens (tertiary/aromatic N) is 6. The summed E-state index contributed by atoms with van der Waals surface area (Å²) in [7, 11) is 1.88. The summed E-state index contributed by atoms with van der Waals surface area (Å²) in [5.74, 6) is 3.05. The Kier molecular flexibility index (Phi) is 3.54. The van der Waals surface area contributed by atoms with E-state index < -0.39 is 0 Å². The van der Waals surface area contributed by atoms with E-state index in [4.69, 9.17) is 0 Å². The van der Waals surface area contributed by atoms with E-state index in [0.29, 0.717) is 0 Å².